The van der Waals surface area contributed by atoms with Gasteiger partial charge in [0.1, 0.15) is 11.6 Å². The number of rotatable bonds is 4. The Morgan fingerprint density at radius 3 is 2.62 bits per heavy atom. The van der Waals surface area contributed by atoms with Gasteiger partial charge in [0.2, 0.25) is 0 Å². The summed E-state index contributed by atoms with van der Waals surface area (Å²) in [6.07, 6.45) is 0. The first-order valence-electron chi connectivity index (χ1n) is 6.41. The first-order chi connectivity index (χ1) is 10.0. The average Bonchev–Trinajstić information content (AvgIpc) is 2.48. The van der Waals surface area contributed by atoms with Crippen LogP contribution in [0, 0.1) is 11.6 Å². The fourth-order valence-electron chi connectivity index (χ4n) is 1.97. The van der Waals surface area contributed by atoms with Crippen LogP contribution in [-0.4, -0.2) is 13.1 Å². The molecule has 0 aliphatic carbocycles. The van der Waals surface area contributed by atoms with Crippen LogP contribution < -0.4 is 5.32 Å². The van der Waals surface area contributed by atoms with Gasteiger partial charge in [-0.25, -0.2) is 13.6 Å². The predicted octanol–water partition coefficient (Wildman–Crippen LogP) is 3.92. The Hall–Kier alpha value is -2.43. The van der Waals surface area contributed by atoms with Crippen LogP contribution in [0.4, 0.5) is 14.5 Å². The molecule has 0 saturated heterocycles. The second-order valence-electron chi connectivity index (χ2n) is 4.61. The van der Waals surface area contributed by atoms with Gasteiger partial charge in [-0.05, 0) is 42.8 Å². The third kappa shape index (κ3) is 3.56. The lowest BCUT2D eigenvalue weighted by Crippen LogP contribution is -2.10. The van der Waals surface area contributed by atoms with Gasteiger partial charge in [-0.3, -0.25) is 0 Å². The Morgan fingerprint density at radius 1 is 1.19 bits per heavy atom. The Labute approximate surface area is 121 Å². The molecule has 3 nitrogen and oxygen atoms in total. The van der Waals surface area contributed by atoms with Crippen LogP contribution >= 0.6 is 0 Å². The Balaban J connectivity index is 2.24. The van der Waals surface area contributed by atoms with Crippen LogP contribution in [0.2, 0.25) is 0 Å². The van der Waals surface area contributed by atoms with Gasteiger partial charge in [-0.2, -0.15) is 0 Å². The lowest BCUT2D eigenvalue weighted by Gasteiger charge is -2.17. The first kappa shape index (κ1) is 15.0. The number of halogens is 2. The van der Waals surface area contributed by atoms with Gasteiger partial charge in [-0.1, -0.05) is 12.1 Å². The minimum absolute atomic E-state index is 0.162. The fourth-order valence-corrected chi connectivity index (χ4v) is 1.97. The molecule has 2 aromatic rings. The highest BCUT2D eigenvalue weighted by atomic mass is 19.1. The molecule has 0 aliphatic rings. The molecule has 0 fully saturated rings. The smallest absolute Gasteiger partial charge is 0.337 e. The number of carbonyl (C=O) groups excluding carboxylic acids is 1. The van der Waals surface area contributed by atoms with E-state index in [9.17, 15) is 13.6 Å². The third-order valence-corrected chi connectivity index (χ3v) is 3.11. The standard InChI is InChI=1S/C16H15F2NO2/c1-10(11-4-3-5-13(17)8-11)19-15-9-12(16(20)21-2)6-7-14(15)18/h3-10,19H,1-2H3. The number of carbonyl (C=O) groups is 1. The van der Waals surface area contributed by atoms with E-state index in [-0.39, 0.29) is 23.1 Å². The van der Waals surface area contributed by atoms with E-state index in [4.69, 9.17) is 0 Å². The summed E-state index contributed by atoms with van der Waals surface area (Å²) in [4.78, 5) is 11.5. The Kier molecular flexibility index (Phi) is 4.52. The van der Waals surface area contributed by atoms with Gasteiger partial charge in [0, 0.05) is 6.04 Å². The van der Waals surface area contributed by atoms with Crippen molar-refractivity contribution in [2.45, 2.75) is 13.0 Å². The molecule has 5 heteroatoms. The molecule has 2 rings (SSSR count). The van der Waals surface area contributed by atoms with Gasteiger partial charge in [-0.15, -0.1) is 0 Å². The SMILES string of the molecule is COC(=O)c1ccc(F)c(NC(C)c2cccc(F)c2)c1. The number of methoxy groups -OCH3 is 1. The maximum atomic E-state index is 13.8. The monoisotopic (exact) mass is 291 g/mol. The number of ether oxygens (including phenoxy) is 1. The fraction of sp³-hybridized carbons (Fsp3) is 0.188. The highest BCUT2D eigenvalue weighted by Gasteiger charge is 2.13. The van der Waals surface area contributed by atoms with Crippen LogP contribution in [0.15, 0.2) is 42.5 Å². The van der Waals surface area contributed by atoms with E-state index in [0.717, 1.165) is 0 Å². The van der Waals surface area contributed by atoms with E-state index >= 15 is 0 Å². The minimum Gasteiger partial charge on any atom is -0.465 e. The summed E-state index contributed by atoms with van der Waals surface area (Å²) in [5.74, 6) is -1.40. The molecule has 1 atom stereocenters. The molecule has 0 amide bonds. The van der Waals surface area contributed by atoms with E-state index in [1.165, 1.54) is 37.4 Å². The molecule has 0 aliphatic heterocycles. The summed E-state index contributed by atoms with van der Waals surface area (Å²) in [6.45, 7) is 1.78. The molecule has 21 heavy (non-hydrogen) atoms. The van der Waals surface area contributed by atoms with Gasteiger partial charge < -0.3 is 10.1 Å². The summed E-state index contributed by atoms with van der Waals surface area (Å²) in [5.41, 5.74) is 1.08. The molecule has 0 radical (unpaired) electrons. The summed E-state index contributed by atoms with van der Waals surface area (Å²) in [5, 5.41) is 2.92. The number of nitrogens with one attached hydrogen (secondary N) is 1. The number of anilines is 1. The third-order valence-electron chi connectivity index (χ3n) is 3.11. The van der Waals surface area contributed by atoms with Crippen molar-refractivity contribution in [2.75, 3.05) is 12.4 Å². The van der Waals surface area contributed by atoms with E-state index in [2.05, 4.69) is 10.1 Å². The molecule has 0 bridgehead atoms. The number of esters is 1. The minimum atomic E-state index is -0.545. The second-order valence-corrected chi connectivity index (χ2v) is 4.61. The van der Waals surface area contributed by atoms with Crippen LogP contribution in [0.5, 0.6) is 0 Å². The quantitative estimate of drug-likeness (QED) is 0.868. The first-order valence-corrected chi connectivity index (χ1v) is 6.41. The van der Waals surface area contributed by atoms with Crippen molar-refractivity contribution in [3.05, 3.63) is 65.2 Å². The predicted molar refractivity (Wildman–Crippen MR) is 76.2 cm³/mol. The largest absolute Gasteiger partial charge is 0.465 e. The van der Waals surface area contributed by atoms with Gasteiger partial charge in [0.25, 0.3) is 0 Å². The van der Waals surface area contributed by atoms with E-state index in [0.29, 0.717) is 5.56 Å². The van der Waals surface area contributed by atoms with Gasteiger partial charge in [0.05, 0.1) is 18.4 Å². The Bertz CT molecular complexity index is 658. The molecule has 0 spiro atoms. The van der Waals surface area contributed by atoms with Crippen molar-refractivity contribution in [3.8, 4) is 0 Å². The molecule has 110 valence electrons. The second kappa shape index (κ2) is 6.35. The van der Waals surface area contributed by atoms with Gasteiger partial charge >= 0.3 is 5.97 Å². The zero-order chi connectivity index (χ0) is 15.4. The number of hydrogen-bond acceptors (Lipinski definition) is 3. The molecular formula is C16H15F2NO2. The molecule has 0 heterocycles. The normalized spacial score (nSPS) is 11.8. The van der Waals surface area contributed by atoms with Gasteiger partial charge in [0.15, 0.2) is 0 Å². The molecule has 1 unspecified atom stereocenters. The van der Waals surface area contributed by atoms with E-state index in [1.54, 1.807) is 19.1 Å². The van der Waals surface area contributed by atoms with Crippen molar-refractivity contribution in [3.63, 3.8) is 0 Å². The van der Waals surface area contributed by atoms with Crippen LogP contribution in [0.25, 0.3) is 0 Å². The van der Waals surface area contributed by atoms with Crippen molar-refractivity contribution < 1.29 is 18.3 Å². The molecular weight excluding hydrogens is 276 g/mol. The lowest BCUT2D eigenvalue weighted by molar-refractivity contribution is 0.0600. The van der Waals surface area contributed by atoms with Crippen molar-refractivity contribution in [1.29, 1.82) is 0 Å². The maximum Gasteiger partial charge on any atom is 0.337 e. The zero-order valence-electron chi connectivity index (χ0n) is 11.7. The summed E-state index contributed by atoms with van der Waals surface area (Å²) < 4.78 is 31.6. The highest BCUT2D eigenvalue weighted by Crippen LogP contribution is 2.23. The van der Waals surface area contributed by atoms with E-state index < -0.39 is 11.8 Å². The van der Waals surface area contributed by atoms with Crippen LogP contribution in [0.3, 0.4) is 0 Å². The summed E-state index contributed by atoms with van der Waals surface area (Å²) in [7, 11) is 1.26. The van der Waals surface area contributed by atoms with Crippen molar-refractivity contribution >= 4 is 11.7 Å². The molecule has 0 aromatic heterocycles. The maximum absolute atomic E-state index is 13.8. The zero-order valence-corrected chi connectivity index (χ0v) is 11.7. The molecule has 0 saturated carbocycles. The van der Waals surface area contributed by atoms with Crippen LogP contribution in [-0.2, 0) is 4.74 Å². The number of benzene rings is 2. The van der Waals surface area contributed by atoms with Crippen molar-refractivity contribution in [2.24, 2.45) is 0 Å². The summed E-state index contributed by atoms with van der Waals surface area (Å²) in [6, 6.07) is 9.63. The van der Waals surface area contributed by atoms with Crippen molar-refractivity contribution in [1.82, 2.24) is 0 Å². The highest BCUT2D eigenvalue weighted by molar-refractivity contribution is 5.90. The Morgan fingerprint density at radius 2 is 1.95 bits per heavy atom. The van der Waals surface area contributed by atoms with Crippen LogP contribution in [0.1, 0.15) is 28.9 Å². The number of hydrogen-bond donors (Lipinski definition) is 1. The summed E-state index contributed by atoms with van der Waals surface area (Å²) >= 11 is 0. The molecule has 2 aromatic carbocycles. The molecule has 1 N–H and O–H groups in total. The average molecular weight is 291 g/mol. The lowest BCUT2D eigenvalue weighted by atomic mass is 10.1. The topological polar surface area (TPSA) is 38.3 Å². The van der Waals surface area contributed by atoms with E-state index in [1.807, 2.05) is 0 Å².